The van der Waals surface area contributed by atoms with Gasteiger partial charge in [-0.15, -0.1) is 0 Å². The number of fused-ring (bicyclic) bond motifs is 1. The molecule has 0 aliphatic rings. The average molecular weight is 291 g/mol. The maximum absolute atomic E-state index is 11.4. The van der Waals surface area contributed by atoms with Gasteiger partial charge in [-0.3, -0.25) is 4.79 Å². The molecule has 8 heteroatoms. The third kappa shape index (κ3) is 3.28. The van der Waals surface area contributed by atoms with Crippen LogP contribution in [-0.2, 0) is 4.79 Å². The molecule has 0 atom stereocenters. The molecule has 0 radical (unpaired) electrons. The van der Waals surface area contributed by atoms with E-state index in [9.17, 15) is 14.9 Å². The van der Waals surface area contributed by atoms with Gasteiger partial charge < -0.3 is 20.7 Å². The number of nitrogens with zero attached hydrogens (tertiary/aromatic N) is 3. The summed E-state index contributed by atoms with van der Waals surface area (Å²) in [6, 6.07) is 5.16. The number of imidazole rings is 1. The summed E-state index contributed by atoms with van der Waals surface area (Å²) in [5.41, 5.74) is 0.498. The van der Waals surface area contributed by atoms with E-state index < -0.39 is 4.92 Å². The zero-order valence-corrected chi connectivity index (χ0v) is 11.9. The Kier molecular flexibility index (Phi) is 4.36. The minimum absolute atomic E-state index is 0.0544. The number of rotatable bonds is 6. The second-order valence-corrected chi connectivity index (χ2v) is 4.84. The Morgan fingerprint density at radius 3 is 2.86 bits per heavy atom. The van der Waals surface area contributed by atoms with Gasteiger partial charge in [0.1, 0.15) is 0 Å². The van der Waals surface area contributed by atoms with E-state index in [4.69, 9.17) is 0 Å². The fourth-order valence-corrected chi connectivity index (χ4v) is 1.85. The van der Waals surface area contributed by atoms with Crippen LogP contribution in [0.25, 0.3) is 5.65 Å². The number of carbonyl (C=O) groups is 1. The summed E-state index contributed by atoms with van der Waals surface area (Å²) in [6.07, 6.45) is 1.59. The Morgan fingerprint density at radius 2 is 2.19 bits per heavy atom. The predicted octanol–water partition coefficient (Wildman–Crippen LogP) is 1.43. The number of aromatic nitrogens is 2. The van der Waals surface area contributed by atoms with Crippen molar-refractivity contribution in [1.29, 1.82) is 0 Å². The van der Waals surface area contributed by atoms with Gasteiger partial charge in [0.05, 0.1) is 6.20 Å². The molecule has 0 aromatic carbocycles. The van der Waals surface area contributed by atoms with E-state index in [2.05, 4.69) is 15.6 Å². The molecule has 0 fully saturated rings. The van der Waals surface area contributed by atoms with E-state index in [0.29, 0.717) is 18.7 Å². The summed E-state index contributed by atoms with van der Waals surface area (Å²) >= 11 is 0. The van der Waals surface area contributed by atoms with Gasteiger partial charge in [0.25, 0.3) is 0 Å². The summed E-state index contributed by atoms with van der Waals surface area (Å²) in [7, 11) is 0. The maximum Gasteiger partial charge on any atom is 0.372 e. The Hall–Kier alpha value is -2.64. The first kappa shape index (κ1) is 14.8. The van der Waals surface area contributed by atoms with Crippen LogP contribution < -0.4 is 10.6 Å². The zero-order chi connectivity index (χ0) is 15.4. The first-order chi connectivity index (χ1) is 10.0. The molecular formula is C13H17N5O3. The third-order valence-corrected chi connectivity index (χ3v) is 2.92. The van der Waals surface area contributed by atoms with Gasteiger partial charge in [-0.1, -0.05) is 19.9 Å². The highest BCUT2D eigenvalue weighted by atomic mass is 16.6. The van der Waals surface area contributed by atoms with E-state index in [1.165, 1.54) is 4.40 Å². The molecule has 2 rings (SSSR count). The lowest BCUT2D eigenvalue weighted by atomic mass is 10.2. The van der Waals surface area contributed by atoms with Crippen molar-refractivity contribution in [2.24, 2.45) is 5.92 Å². The molecular weight excluding hydrogens is 274 g/mol. The standard InChI is InChI=1S/C13H17N5O3/c1-9(2)12(19)15-7-6-14-11-13(18(20)21)17-8-4-3-5-10(17)16-11/h3-5,8-9,14H,6-7H2,1-2H3,(H,15,19). The Morgan fingerprint density at radius 1 is 1.43 bits per heavy atom. The van der Waals surface area contributed by atoms with Gasteiger partial charge in [-0.05, 0) is 11.0 Å². The maximum atomic E-state index is 11.4. The Balaban J connectivity index is 2.06. The lowest BCUT2D eigenvalue weighted by Crippen LogP contribution is -2.32. The van der Waals surface area contributed by atoms with Crippen molar-refractivity contribution in [3.8, 4) is 0 Å². The highest BCUT2D eigenvalue weighted by Crippen LogP contribution is 2.24. The van der Waals surface area contributed by atoms with E-state index in [1.807, 2.05) is 0 Å². The average Bonchev–Trinajstić information content (AvgIpc) is 2.81. The largest absolute Gasteiger partial charge is 0.372 e. The van der Waals surface area contributed by atoms with Crippen molar-refractivity contribution >= 4 is 23.2 Å². The molecule has 8 nitrogen and oxygen atoms in total. The van der Waals surface area contributed by atoms with Crippen LogP contribution >= 0.6 is 0 Å². The Bertz CT molecular complexity index is 665. The van der Waals surface area contributed by atoms with Crippen LogP contribution in [0.3, 0.4) is 0 Å². The molecule has 2 heterocycles. The highest BCUT2D eigenvalue weighted by molar-refractivity contribution is 5.77. The van der Waals surface area contributed by atoms with Gasteiger partial charge in [0, 0.05) is 25.1 Å². The number of amides is 1. The number of hydrogen-bond acceptors (Lipinski definition) is 5. The minimum atomic E-state index is -0.477. The topological polar surface area (TPSA) is 102 Å². The van der Waals surface area contributed by atoms with Crippen molar-refractivity contribution < 1.29 is 9.72 Å². The van der Waals surface area contributed by atoms with Gasteiger partial charge >= 0.3 is 5.82 Å². The van der Waals surface area contributed by atoms with E-state index in [-0.39, 0.29) is 23.5 Å². The molecule has 0 spiro atoms. The van der Waals surface area contributed by atoms with Crippen molar-refractivity contribution in [2.45, 2.75) is 13.8 Å². The molecule has 1 amide bonds. The minimum Gasteiger partial charge on any atom is -0.361 e. The molecule has 0 aliphatic carbocycles. The number of anilines is 1. The van der Waals surface area contributed by atoms with E-state index >= 15 is 0 Å². The Labute approximate surface area is 121 Å². The number of hydrogen-bond donors (Lipinski definition) is 2. The number of carbonyl (C=O) groups excluding carboxylic acids is 1. The SMILES string of the molecule is CC(C)C(=O)NCCNc1nc2ccccn2c1[N+](=O)[O-]. The van der Waals surface area contributed by atoms with Crippen LogP contribution in [0.1, 0.15) is 13.8 Å². The quantitative estimate of drug-likeness (QED) is 0.476. The number of pyridine rings is 1. The van der Waals surface area contributed by atoms with Gasteiger partial charge in [0.2, 0.25) is 17.4 Å². The van der Waals surface area contributed by atoms with Crippen LogP contribution in [0.4, 0.5) is 11.6 Å². The third-order valence-electron chi connectivity index (χ3n) is 2.92. The van der Waals surface area contributed by atoms with Gasteiger partial charge in [0.15, 0.2) is 0 Å². The molecule has 0 saturated carbocycles. The van der Waals surface area contributed by atoms with Gasteiger partial charge in [-0.25, -0.2) is 0 Å². The van der Waals surface area contributed by atoms with Crippen LogP contribution in [0.2, 0.25) is 0 Å². The first-order valence-corrected chi connectivity index (χ1v) is 6.63. The van der Waals surface area contributed by atoms with Crippen LogP contribution in [0, 0.1) is 16.0 Å². The molecule has 2 N–H and O–H groups in total. The summed E-state index contributed by atoms with van der Waals surface area (Å²) in [5.74, 6) is -0.0541. The molecule has 112 valence electrons. The molecule has 2 aromatic heterocycles. The number of nitro groups is 1. The molecule has 0 unspecified atom stereocenters. The van der Waals surface area contributed by atoms with Crippen LogP contribution in [0.5, 0.6) is 0 Å². The molecule has 21 heavy (non-hydrogen) atoms. The lowest BCUT2D eigenvalue weighted by Gasteiger charge is -2.07. The van der Waals surface area contributed by atoms with Crippen molar-refractivity contribution in [1.82, 2.24) is 14.7 Å². The van der Waals surface area contributed by atoms with Crippen LogP contribution in [0.15, 0.2) is 24.4 Å². The molecule has 0 bridgehead atoms. The van der Waals surface area contributed by atoms with Gasteiger partial charge in [-0.2, -0.15) is 9.38 Å². The highest BCUT2D eigenvalue weighted by Gasteiger charge is 2.21. The molecule has 0 aliphatic heterocycles. The lowest BCUT2D eigenvalue weighted by molar-refractivity contribution is -0.389. The summed E-state index contributed by atoms with van der Waals surface area (Å²) in [6.45, 7) is 4.34. The summed E-state index contributed by atoms with van der Waals surface area (Å²) < 4.78 is 1.41. The number of nitrogens with one attached hydrogen (secondary N) is 2. The first-order valence-electron chi connectivity index (χ1n) is 6.63. The van der Waals surface area contributed by atoms with Crippen molar-refractivity contribution in [3.63, 3.8) is 0 Å². The second-order valence-electron chi connectivity index (χ2n) is 4.84. The predicted molar refractivity (Wildman–Crippen MR) is 78.2 cm³/mol. The van der Waals surface area contributed by atoms with Crippen molar-refractivity contribution in [2.75, 3.05) is 18.4 Å². The normalized spacial score (nSPS) is 10.8. The molecule has 0 saturated heterocycles. The second kappa shape index (κ2) is 6.21. The monoisotopic (exact) mass is 291 g/mol. The fraction of sp³-hybridized carbons (Fsp3) is 0.385. The summed E-state index contributed by atoms with van der Waals surface area (Å²) in [5, 5.41) is 16.8. The van der Waals surface area contributed by atoms with Crippen molar-refractivity contribution in [3.05, 3.63) is 34.5 Å². The molecule has 2 aromatic rings. The summed E-state index contributed by atoms with van der Waals surface area (Å²) in [4.78, 5) is 26.3. The fourth-order valence-electron chi connectivity index (χ4n) is 1.85. The smallest absolute Gasteiger partial charge is 0.361 e. The zero-order valence-electron chi connectivity index (χ0n) is 11.9. The van der Waals surface area contributed by atoms with E-state index in [0.717, 1.165) is 0 Å². The van der Waals surface area contributed by atoms with Crippen LogP contribution in [-0.4, -0.2) is 33.3 Å². The van der Waals surface area contributed by atoms with E-state index in [1.54, 1.807) is 38.2 Å².